The third-order valence-corrected chi connectivity index (χ3v) is 5.55. The zero-order valence-corrected chi connectivity index (χ0v) is 19.3. The number of carbonyl (C=O) groups is 1. The number of alkyl halides is 6. The molecule has 36 heavy (non-hydrogen) atoms. The minimum Gasteiger partial charge on any atom is -0.462 e. The second kappa shape index (κ2) is 11.4. The Morgan fingerprint density at radius 2 is 1.61 bits per heavy atom. The summed E-state index contributed by atoms with van der Waals surface area (Å²) in [5.41, 5.74) is 1.36. The summed E-state index contributed by atoms with van der Waals surface area (Å²) >= 11 is 0.912. The number of rotatable bonds is 13. The van der Waals surface area contributed by atoms with Crippen LogP contribution in [0.3, 0.4) is 0 Å². The molecule has 0 bridgehead atoms. The Morgan fingerprint density at radius 3 is 2.28 bits per heavy atom. The molecule has 0 aliphatic heterocycles. The molecule has 0 aliphatic rings. The van der Waals surface area contributed by atoms with Gasteiger partial charge in [0.25, 0.3) is 0 Å². The Bertz CT molecular complexity index is 1180. The summed E-state index contributed by atoms with van der Waals surface area (Å²) in [6, 6.07) is 16.1. The summed E-state index contributed by atoms with van der Waals surface area (Å²) in [6.07, 6.45) is -16.4. The Labute approximate surface area is 206 Å². The fraction of sp³-hybridized carbons (Fsp3) is 0.292. The highest BCUT2D eigenvalue weighted by Gasteiger charge is 2.51. The molecule has 12 heteroatoms. The van der Waals surface area contributed by atoms with Crippen LogP contribution in [0.5, 0.6) is 0 Å². The van der Waals surface area contributed by atoms with Crippen LogP contribution in [0, 0.1) is 0 Å². The van der Waals surface area contributed by atoms with E-state index in [9.17, 15) is 31.1 Å². The third kappa shape index (κ3) is 8.32. The number of esters is 1. The fourth-order valence-corrected chi connectivity index (χ4v) is 3.86. The van der Waals surface area contributed by atoms with Crippen molar-refractivity contribution in [1.29, 1.82) is 0 Å². The second-order valence-corrected chi connectivity index (χ2v) is 8.51. The number of hydrogen-bond donors (Lipinski definition) is 0. The van der Waals surface area contributed by atoms with Crippen molar-refractivity contribution in [1.82, 2.24) is 0 Å². The molecular formula is C24H20F6O5S. The molecule has 0 spiro atoms. The normalized spacial score (nSPS) is 12.6. The summed E-state index contributed by atoms with van der Waals surface area (Å²) in [4.78, 5) is 11.3. The van der Waals surface area contributed by atoms with Gasteiger partial charge in [-0.15, -0.1) is 20.5 Å². The molecule has 5 nitrogen and oxygen atoms in total. The van der Waals surface area contributed by atoms with Crippen LogP contribution in [-0.4, -0.2) is 36.8 Å². The molecule has 0 atom stereocenters. The Balaban J connectivity index is 1.52. The van der Waals surface area contributed by atoms with Crippen LogP contribution in [0.4, 0.5) is 26.3 Å². The number of benzene rings is 2. The van der Waals surface area contributed by atoms with E-state index in [4.69, 9.17) is 4.42 Å². The van der Waals surface area contributed by atoms with E-state index in [0.717, 1.165) is 22.7 Å². The summed E-state index contributed by atoms with van der Waals surface area (Å²) in [7, 11) is 0. The molecule has 0 unspecified atom stereocenters. The van der Waals surface area contributed by atoms with Gasteiger partial charge in [-0.2, -0.15) is 17.6 Å². The predicted molar refractivity (Wildman–Crippen MR) is 120 cm³/mol. The lowest BCUT2D eigenvalue weighted by atomic mass is 10.1. The lowest BCUT2D eigenvalue weighted by Gasteiger charge is -2.26. The third-order valence-electron chi connectivity index (χ3n) is 4.55. The SMILES string of the molecule is C=CC(=O)OCCC(F)(F)OC(F)(F)OC(F)(F)CCSc1ccc2cc(-c3ccccc3)oc2c1. The highest BCUT2D eigenvalue weighted by atomic mass is 32.2. The minimum atomic E-state index is -5.30. The van der Waals surface area contributed by atoms with E-state index in [2.05, 4.69) is 20.8 Å². The fourth-order valence-electron chi connectivity index (χ4n) is 2.93. The average molecular weight is 534 g/mol. The number of hydrogen-bond acceptors (Lipinski definition) is 6. The van der Waals surface area contributed by atoms with Crippen LogP contribution in [0.15, 0.2) is 76.6 Å². The largest absolute Gasteiger partial charge is 0.494 e. The smallest absolute Gasteiger partial charge is 0.462 e. The number of carbonyl (C=O) groups excluding carboxylic acids is 1. The van der Waals surface area contributed by atoms with Gasteiger partial charge in [-0.25, -0.2) is 14.3 Å². The van der Waals surface area contributed by atoms with E-state index < -0.39 is 43.9 Å². The molecule has 0 fully saturated rings. The van der Waals surface area contributed by atoms with E-state index in [1.54, 1.807) is 18.2 Å². The second-order valence-electron chi connectivity index (χ2n) is 7.34. The maximum Gasteiger partial charge on any atom is 0.494 e. The minimum absolute atomic E-state index is 0.380. The van der Waals surface area contributed by atoms with Gasteiger partial charge < -0.3 is 9.15 Å². The summed E-state index contributed by atoms with van der Waals surface area (Å²) < 4.78 is 98.4. The monoisotopic (exact) mass is 534 g/mol. The zero-order chi connectivity index (χ0) is 26.4. The van der Waals surface area contributed by atoms with Crippen LogP contribution in [0.25, 0.3) is 22.3 Å². The molecule has 194 valence electrons. The molecule has 1 aromatic heterocycles. The van der Waals surface area contributed by atoms with E-state index in [1.807, 2.05) is 36.4 Å². The highest BCUT2D eigenvalue weighted by molar-refractivity contribution is 7.99. The van der Waals surface area contributed by atoms with Gasteiger partial charge in [0.2, 0.25) is 0 Å². The van der Waals surface area contributed by atoms with Gasteiger partial charge in [0.05, 0.1) is 13.0 Å². The van der Waals surface area contributed by atoms with Gasteiger partial charge in [-0.1, -0.05) is 36.9 Å². The molecule has 3 aromatic rings. The summed E-state index contributed by atoms with van der Waals surface area (Å²) in [6.45, 7) is 2.02. The molecule has 1 heterocycles. The maximum atomic E-state index is 13.9. The van der Waals surface area contributed by atoms with E-state index >= 15 is 0 Å². The van der Waals surface area contributed by atoms with Gasteiger partial charge in [0, 0.05) is 34.1 Å². The Hall–Kier alpha value is -2.96. The topological polar surface area (TPSA) is 57.9 Å². The number of furan rings is 1. The molecule has 0 N–H and O–H groups in total. The Morgan fingerprint density at radius 1 is 0.944 bits per heavy atom. The predicted octanol–water partition coefficient (Wildman–Crippen LogP) is 7.47. The van der Waals surface area contributed by atoms with Gasteiger partial charge in [0.15, 0.2) is 0 Å². The average Bonchev–Trinajstić information content (AvgIpc) is 3.21. The first-order valence-electron chi connectivity index (χ1n) is 10.4. The summed E-state index contributed by atoms with van der Waals surface area (Å²) in [5.74, 6) is -0.833. The van der Waals surface area contributed by atoms with Crippen molar-refractivity contribution >= 4 is 28.7 Å². The van der Waals surface area contributed by atoms with E-state index in [1.165, 1.54) is 0 Å². The molecule has 0 saturated heterocycles. The standard InChI is InChI=1S/C24H20F6O5S/c1-2-21(31)32-12-10-22(25,26)34-24(29,30)35-23(27,28)11-13-36-18-9-8-17-14-19(33-20(17)15-18)16-6-4-3-5-7-16/h2-9,14-15H,1,10-13H2. The highest BCUT2D eigenvalue weighted by Crippen LogP contribution is 2.37. The van der Waals surface area contributed by atoms with Crippen LogP contribution in [-0.2, 0) is 19.0 Å². The zero-order valence-electron chi connectivity index (χ0n) is 18.5. The lowest BCUT2D eigenvalue weighted by Crippen LogP contribution is -2.41. The first kappa shape index (κ1) is 27.6. The van der Waals surface area contributed by atoms with Crippen molar-refractivity contribution in [2.24, 2.45) is 0 Å². The van der Waals surface area contributed by atoms with Crippen LogP contribution < -0.4 is 0 Å². The van der Waals surface area contributed by atoms with Crippen molar-refractivity contribution in [3.8, 4) is 11.3 Å². The maximum absolute atomic E-state index is 13.9. The summed E-state index contributed by atoms with van der Waals surface area (Å²) in [5, 5.41) is 0.781. The molecule has 0 saturated carbocycles. The lowest BCUT2D eigenvalue weighted by molar-refractivity contribution is -0.514. The van der Waals surface area contributed by atoms with Crippen molar-refractivity contribution < 1.29 is 49.8 Å². The molecular weight excluding hydrogens is 514 g/mol. The number of ether oxygens (including phenoxy) is 3. The van der Waals surface area contributed by atoms with Crippen LogP contribution in [0.2, 0.25) is 0 Å². The van der Waals surface area contributed by atoms with Crippen LogP contribution >= 0.6 is 11.8 Å². The van der Waals surface area contributed by atoms with Crippen molar-refractivity contribution in [2.75, 3.05) is 12.4 Å². The first-order valence-corrected chi connectivity index (χ1v) is 11.4. The number of halogens is 6. The molecule has 2 aromatic carbocycles. The van der Waals surface area contributed by atoms with Crippen molar-refractivity contribution in [3.05, 3.63) is 67.3 Å². The van der Waals surface area contributed by atoms with Gasteiger partial charge >= 0.3 is 24.5 Å². The molecule has 0 aliphatic carbocycles. The molecule has 3 rings (SSSR count). The van der Waals surface area contributed by atoms with Crippen molar-refractivity contribution in [3.63, 3.8) is 0 Å². The molecule has 0 amide bonds. The van der Waals surface area contributed by atoms with E-state index in [-0.39, 0.29) is 5.75 Å². The Kier molecular flexibility index (Phi) is 8.75. The van der Waals surface area contributed by atoms with Crippen LogP contribution in [0.1, 0.15) is 12.8 Å². The van der Waals surface area contributed by atoms with Gasteiger partial charge in [-0.05, 0) is 24.3 Å². The van der Waals surface area contributed by atoms with Crippen molar-refractivity contribution in [2.45, 2.75) is 36.2 Å². The number of fused-ring (bicyclic) bond motifs is 1. The number of thioether (sulfide) groups is 1. The molecule has 0 radical (unpaired) electrons. The van der Waals surface area contributed by atoms with E-state index in [0.29, 0.717) is 22.3 Å². The first-order chi connectivity index (χ1) is 16.9. The van der Waals surface area contributed by atoms with Gasteiger partial charge in [0.1, 0.15) is 11.3 Å². The van der Waals surface area contributed by atoms with Gasteiger partial charge in [-0.3, -0.25) is 0 Å². The quantitative estimate of drug-likeness (QED) is 0.0746.